The van der Waals surface area contributed by atoms with Crippen LogP contribution in [0.15, 0.2) is 30.5 Å². The SMILES string of the molecule is Cc1ncc(CN2CCC3(CCCN(Cc4ccc(F)cc4)C3=O)C2)n1C. The lowest BCUT2D eigenvalue weighted by Crippen LogP contribution is -2.49. The predicted octanol–water partition coefficient (Wildman–Crippen LogP) is 2.88. The number of aryl methyl sites for hydroxylation is 1. The number of benzene rings is 1. The Morgan fingerprint density at radius 2 is 1.93 bits per heavy atom. The Kier molecular flexibility index (Phi) is 4.76. The zero-order valence-electron chi connectivity index (χ0n) is 16.1. The van der Waals surface area contributed by atoms with Crippen molar-refractivity contribution >= 4 is 5.91 Å². The Balaban J connectivity index is 1.44. The quantitative estimate of drug-likeness (QED) is 0.831. The first kappa shape index (κ1) is 18.2. The molecule has 4 rings (SSSR count). The molecule has 144 valence electrons. The van der Waals surface area contributed by atoms with Crippen molar-refractivity contribution in [2.24, 2.45) is 12.5 Å². The number of rotatable bonds is 4. The van der Waals surface area contributed by atoms with Crippen LogP contribution in [-0.4, -0.2) is 44.9 Å². The van der Waals surface area contributed by atoms with Crippen LogP contribution in [0, 0.1) is 18.2 Å². The Hall–Kier alpha value is -2.21. The predicted molar refractivity (Wildman–Crippen MR) is 101 cm³/mol. The van der Waals surface area contributed by atoms with Crippen molar-refractivity contribution in [1.29, 1.82) is 0 Å². The second-order valence-electron chi connectivity index (χ2n) is 8.05. The largest absolute Gasteiger partial charge is 0.338 e. The summed E-state index contributed by atoms with van der Waals surface area (Å²) in [7, 11) is 2.04. The third-order valence-corrected chi connectivity index (χ3v) is 6.25. The van der Waals surface area contributed by atoms with Gasteiger partial charge in [0.15, 0.2) is 0 Å². The Bertz CT molecular complexity index is 831. The summed E-state index contributed by atoms with van der Waals surface area (Å²) in [6.45, 7) is 5.97. The highest BCUT2D eigenvalue weighted by Crippen LogP contribution is 2.41. The van der Waals surface area contributed by atoms with Gasteiger partial charge in [0.1, 0.15) is 11.6 Å². The van der Waals surface area contributed by atoms with Crippen LogP contribution < -0.4 is 0 Å². The molecule has 0 bridgehead atoms. The molecule has 2 saturated heterocycles. The molecular weight excluding hydrogens is 343 g/mol. The second-order valence-corrected chi connectivity index (χ2v) is 8.05. The maximum Gasteiger partial charge on any atom is 0.230 e. The van der Waals surface area contributed by atoms with Crippen molar-refractivity contribution in [3.05, 3.63) is 53.4 Å². The molecule has 3 heterocycles. The number of amides is 1. The molecule has 1 aromatic heterocycles. The third-order valence-electron chi connectivity index (χ3n) is 6.25. The first-order valence-corrected chi connectivity index (χ1v) is 9.70. The summed E-state index contributed by atoms with van der Waals surface area (Å²) in [6.07, 6.45) is 4.85. The summed E-state index contributed by atoms with van der Waals surface area (Å²) in [6, 6.07) is 6.48. The third kappa shape index (κ3) is 3.50. The first-order valence-electron chi connectivity index (χ1n) is 9.70. The highest BCUT2D eigenvalue weighted by atomic mass is 19.1. The van der Waals surface area contributed by atoms with Crippen molar-refractivity contribution in [3.8, 4) is 0 Å². The van der Waals surface area contributed by atoms with Crippen LogP contribution in [0.1, 0.15) is 36.3 Å². The molecule has 2 aromatic rings. The molecule has 1 unspecified atom stereocenters. The van der Waals surface area contributed by atoms with E-state index in [1.165, 1.54) is 17.8 Å². The van der Waals surface area contributed by atoms with Crippen molar-refractivity contribution in [2.45, 2.75) is 39.3 Å². The van der Waals surface area contributed by atoms with Gasteiger partial charge in [-0.05, 0) is 50.4 Å². The number of likely N-dealkylation sites (tertiary alicyclic amines) is 2. The summed E-state index contributed by atoms with van der Waals surface area (Å²) in [5, 5.41) is 0. The fourth-order valence-electron chi connectivity index (χ4n) is 4.51. The zero-order chi connectivity index (χ0) is 19.0. The molecule has 1 atom stereocenters. The molecule has 2 aliphatic rings. The van der Waals surface area contributed by atoms with Crippen LogP contribution in [-0.2, 0) is 24.9 Å². The minimum Gasteiger partial charge on any atom is -0.338 e. The normalized spacial score (nSPS) is 23.5. The lowest BCUT2D eigenvalue weighted by molar-refractivity contribution is -0.146. The molecule has 0 radical (unpaired) electrons. The van der Waals surface area contributed by atoms with Crippen molar-refractivity contribution in [3.63, 3.8) is 0 Å². The minimum atomic E-state index is -0.258. The number of carbonyl (C=O) groups excluding carboxylic acids is 1. The molecule has 2 fully saturated rings. The van der Waals surface area contributed by atoms with Crippen molar-refractivity contribution in [2.75, 3.05) is 19.6 Å². The first-order chi connectivity index (χ1) is 13.0. The van der Waals surface area contributed by atoms with E-state index in [0.29, 0.717) is 6.54 Å². The summed E-state index contributed by atoms with van der Waals surface area (Å²) in [5.74, 6) is 1.04. The van der Waals surface area contributed by atoms with Gasteiger partial charge in [0, 0.05) is 39.4 Å². The van der Waals surface area contributed by atoms with Crippen molar-refractivity contribution < 1.29 is 9.18 Å². The van der Waals surface area contributed by atoms with E-state index in [9.17, 15) is 9.18 Å². The monoisotopic (exact) mass is 370 g/mol. The van der Waals surface area contributed by atoms with Gasteiger partial charge in [0.2, 0.25) is 5.91 Å². The zero-order valence-corrected chi connectivity index (χ0v) is 16.1. The van der Waals surface area contributed by atoms with Gasteiger partial charge in [-0.2, -0.15) is 0 Å². The molecule has 1 aromatic carbocycles. The number of hydrogen-bond donors (Lipinski definition) is 0. The summed E-state index contributed by atoms with van der Waals surface area (Å²) in [4.78, 5) is 22.0. The lowest BCUT2D eigenvalue weighted by atomic mass is 9.78. The topological polar surface area (TPSA) is 41.4 Å². The molecule has 2 aliphatic heterocycles. The molecule has 1 spiro atoms. The molecule has 0 aliphatic carbocycles. The van der Waals surface area contributed by atoms with E-state index >= 15 is 0 Å². The maximum atomic E-state index is 13.3. The van der Waals surface area contributed by atoms with Gasteiger partial charge in [-0.1, -0.05) is 12.1 Å². The second kappa shape index (κ2) is 7.08. The minimum absolute atomic E-state index is 0.239. The molecule has 0 N–H and O–H groups in total. The van der Waals surface area contributed by atoms with E-state index in [1.807, 2.05) is 25.1 Å². The van der Waals surface area contributed by atoms with E-state index in [-0.39, 0.29) is 17.1 Å². The van der Waals surface area contributed by atoms with Gasteiger partial charge in [-0.15, -0.1) is 0 Å². The summed E-state index contributed by atoms with van der Waals surface area (Å²) < 4.78 is 15.3. The van der Waals surface area contributed by atoms with Gasteiger partial charge >= 0.3 is 0 Å². The van der Waals surface area contributed by atoms with Crippen LogP contribution in [0.5, 0.6) is 0 Å². The smallest absolute Gasteiger partial charge is 0.230 e. The number of piperidine rings is 1. The number of aromatic nitrogens is 2. The fraction of sp³-hybridized carbons (Fsp3) is 0.524. The molecule has 5 nitrogen and oxygen atoms in total. The van der Waals surface area contributed by atoms with Crippen LogP contribution >= 0.6 is 0 Å². The van der Waals surface area contributed by atoms with Crippen molar-refractivity contribution in [1.82, 2.24) is 19.4 Å². The Labute approximate surface area is 159 Å². The Morgan fingerprint density at radius 1 is 1.15 bits per heavy atom. The number of nitrogens with zero attached hydrogens (tertiary/aromatic N) is 4. The maximum absolute atomic E-state index is 13.3. The van der Waals surface area contributed by atoms with E-state index in [1.54, 1.807) is 12.1 Å². The molecule has 1 amide bonds. The Morgan fingerprint density at radius 3 is 2.63 bits per heavy atom. The van der Waals surface area contributed by atoms with Crippen LogP contribution in [0.3, 0.4) is 0 Å². The number of halogens is 1. The van der Waals surface area contributed by atoms with E-state index < -0.39 is 0 Å². The lowest BCUT2D eigenvalue weighted by Gasteiger charge is -2.39. The molecule has 27 heavy (non-hydrogen) atoms. The highest BCUT2D eigenvalue weighted by Gasteiger charge is 2.48. The van der Waals surface area contributed by atoms with Gasteiger partial charge in [-0.25, -0.2) is 9.37 Å². The fourth-order valence-corrected chi connectivity index (χ4v) is 4.51. The summed E-state index contributed by atoms with van der Waals surface area (Å²) >= 11 is 0. The number of hydrogen-bond acceptors (Lipinski definition) is 3. The average Bonchev–Trinajstić information content (AvgIpc) is 3.20. The molecular formula is C21H27FN4O. The highest BCUT2D eigenvalue weighted by molar-refractivity contribution is 5.84. The van der Waals surface area contributed by atoms with E-state index in [4.69, 9.17) is 0 Å². The standard InChI is InChI=1S/C21H27FN4O/c1-16-23-12-19(24(16)2)14-25-11-9-21(15-25)8-3-10-26(20(21)27)13-17-4-6-18(22)7-5-17/h4-7,12H,3,8-11,13-15H2,1-2H3. The number of imidazole rings is 1. The summed E-state index contributed by atoms with van der Waals surface area (Å²) in [5.41, 5.74) is 1.92. The van der Waals surface area contributed by atoms with Crippen LogP contribution in [0.2, 0.25) is 0 Å². The number of carbonyl (C=O) groups is 1. The molecule has 0 saturated carbocycles. The van der Waals surface area contributed by atoms with E-state index in [0.717, 1.165) is 56.8 Å². The van der Waals surface area contributed by atoms with Crippen LogP contribution in [0.25, 0.3) is 0 Å². The molecule has 6 heteroatoms. The average molecular weight is 370 g/mol. The van der Waals surface area contributed by atoms with Crippen LogP contribution in [0.4, 0.5) is 4.39 Å². The van der Waals surface area contributed by atoms with E-state index in [2.05, 4.69) is 14.5 Å². The van der Waals surface area contributed by atoms with Gasteiger partial charge < -0.3 is 9.47 Å². The van der Waals surface area contributed by atoms with Gasteiger partial charge in [-0.3, -0.25) is 9.69 Å². The van der Waals surface area contributed by atoms with Gasteiger partial charge in [0.25, 0.3) is 0 Å². The van der Waals surface area contributed by atoms with Gasteiger partial charge in [0.05, 0.1) is 11.1 Å².